The van der Waals surface area contributed by atoms with E-state index < -0.39 is 0 Å². The summed E-state index contributed by atoms with van der Waals surface area (Å²) >= 11 is 0. The summed E-state index contributed by atoms with van der Waals surface area (Å²) in [5.41, 5.74) is 2.06. The minimum atomic E-state index is -0.0881. The first-order valence-corrected chi connectivity index (χ1v) is 5.23. The Morgan fingerprint density at radius 1 is 1.44 bits per heavy atom. The predicted octanol–water partition coefficient (Wildman–Crippen LogP) is 2.46. The second kappa shape index (κ2) is 3.96. The van der Waals surface area contributed by atoms with Gasteiger partial charge in [0.15, 0.2) is 0 Å². The zero-order valence-corrected chi connectivity index (χ0v) is 9.57. The lowest BCUT2D eigenvalue weighted by Crippen LogP contribution is -2.16. The van der Waals surface area contributed by atoms with Gasteiger partial charge in [0, 0.05) is 17.0 Å². The predicted molar refractivity (Wildman–Crippen MR) is 61.4 cm³/mol. The molecule has 0 bridgehead atoms. The van der Waals surface area contributed by atoms with Gasteiger partial charge in [-0.1, -0.05) is 13.8 Å². The Kier molecular flexibility index (Phi) is 2.64. The largest absolute Gasteiger partial charge is 0.472 e. The van der Waals surface area contributed by atoms with E-state index in [2.05, 4.69) is 9.97 Å². The molecule has 0 atom stereocenters. The van der Waals surface area contributed by atoms with Crippen molar-refractivity contribution in [1.29, 1.82) is 0 Å². The lowest BCUT2D eigenvalue weighted by atomic mass is 10.1. The van der Waals surface area contributed by atoms with Crippen LogP contribution in [-0.4, -0.2) is 9.97 Å². The molecule has 2 aromatic rings. The van der Waals surface area contributed by atoms with E-state index in [0.717, 1.165) is 5.56 Å². The Morgan fingerprint density at radius 3 is 2.75 bits per heavy atom. The van der Waals surface area contributed by atoms with E-state index in [1.165, 1.54) is 0 Å². The first-order chi connectivity index (χ1) is 7.59. The molecule has 84 valence electrons. The van der Waals surface area contributed by atoms with E-state index in [9.17, 15) is 4.79 Å². The number of hydrogen-bond donors (Lipinski definition) is 1. The summed E-state index contributed by atoms with van der Waals surface area (Å²) in [6.45, 7) is 5.75. The van der Waals surface area contributed by atoms with Gasteiger partial charge < -0.3 is 9.40 Å². The summed E-state index contributed by atoms with van der Waals surface area (Å²) in [7, 11) is 0. The smallest absolute Gasteiger partial charge is 0.254 e. The summed E-state index contributed by atoms with van der Waals surface area (Å²) in [5.74, 6) is 0.894. The molecule has 4 nitrogen and oxygen atoms in total. The molecule has 0 spiro atoms. The van der Waals surface area contributed by atoms with Crippen molar-refractivity contribution in [3.05, 3.63) is 40.3 Å². The fourth-order valence-corrected chi connectivity index (χ4v) is 1.50. The van der Waals surface area contributed by atoms with Crippen LogP contribution < -0.4 is 5.56 Å². The highest BCUT2D eigenvalue weighted by atomic mass is 16.3. The van der Waals surface area contributed by atoms with E-state index in [1.54, 1.807) is 25.5 Å². The van der Waals surface area contributed by atoms with Crippen LogP contribution in [0.25, 0.3) is 11.3 Å². The Balaban J connectivity index is 2.65. The SMILES string of the molecule is Cc1c(-c2ccoc2)nc(C(C)C)[nH]c1=O. The zero-order valence-electron chi connectivity index (χ0n) is 9.57. The molecule has 0 amide bonds. The molecule has 0 aliphatic rings. The molecule has 2 rings (SSSR count). The van der Waals surface area contributed by atoms with Crippen LogP contribution in [0.1, 0.15) is 31.2 Å². The van der Waals surface area contributed by atoms with E-state index in [1.807, 2.05) is 13.8 Å². The number of rotatable bonds is 2. The Labute approximate surface area is 93.3 Å². The van der Waals surface area contributed by atoms with Gasteiger partial charge in [0.1, 0.15) is 5.82 Å². The van der Waals surface area contributed by atoms with Crippen LogP contribution in [0.3, 0.4) is 0 Å². The van der Waals surface area contributed by atoms with Crippen molar-refractivity contribution in [1.82, 2.24) is 9.97 Å². The van der Waals surface area contributed by atoms with Gasteiger partial charge >= 0.3 is 0 Å². The van der Waals surface area contributed by atoms with Gasteiger partial charge in [0.2, 0.25) is 0 Å². The van der Waals surface area contributed by atoms with Gasteiger partial charge in [0.05, 0.1) is 18.2 Å². The Hall–Kier alpha value is -1.84. The molecule has 0 saturated carbocycles. The monoisotopic (exact) mass is 218 g/mol. The third kappa shape index (κ3) is 1.78. The molecule has 2 heterocycles. The van der Waals surface area contributed by atoms with Crippen molar-refractivity contribution in [2.45, 2.75) is 26.7 Å². The molecular weight excluding hydrogens is 204 g/mol. The minimum absolute atomic E-state index is 0.0881. The number of hydrogen-bond acceptors (Lipinski definition) is 3. The average molecular weight is 218 g/mol. The fraction of sp³-hybridized carbons (Fsp3) is 0.333. The lowest BCUT2D eigenvalue weighted by Gasteiger charge is -2.08. The van der Waals surface area contributed by atoms with Crippen molar-refractivity contribution in [3.63, 3.8) is 0 Å². The van der Waals surface area contributed by atoms with Crippen molar-refractivity contribution in [2.24, 2.45) is 0 Å². The molecule has 0 aliphatic carbocycles. The van der Waals surface area contributed by atoms with E-state index in [-0.39, 0.29) is 11.5 Å². The van der Waals surface area contributed by atoms with Gasteiger partial charge in [0.25, 0.3) is 5.56 Å². The number of furan rings is 1. The quantitative estimate of drug-likeness (QED) is 0.842. The van der Waals surface area contributed by atoms with Gasteiger partial charge in [-0.2, -0.15) is 0 Å². The lowest BCUT2D eigenvalue weighted by molar-refractivity contribution is 0.568. The van der Waals surface area contributed by atoms with Crippen molar-refractivity contribution >= 4 is 0 Å². The fourth-order valence-electron chi connectivity index (χ4n) is 1.50. The topological polar surface area (TPSA) is 58.9 Å². The molecule has 0 saturated heterocycles. The second-order valence-corrected chi connectivity index (χ2v) is 4.09. The molecule has 0 aromatic carbocycles. The Bertz CT molecular complexity index is 539. The van der Waals surface area contributed by atoms with Gasteiger partial charge in [-0.3, -0.25) is 4.79 Å². The van der Waals surface area contributed by atoms with Crippen molar-refractivity contribution in [3.8, 4) is 11.3 Å². The van der Waals surface area contributed by atoms with Crippen LogP contribution in [0.15, 0.2) is 27.8 Å². The molecule has 16 heavy (non-hydrogen) atoms. The molecule has 0 aliphatic heterocycles. The highest BCUT2D eigenvalue weighted by Gasteiger charge is 2.12. The first-order valence-electron chi connectivity index (χ1n) is 5.23. The third-order valence-corrected chi connectivity index (χ3v) is 2.51. The minimum Gasteiger partial charge on any atom is -0.472 e. The maximum absolute atomic E-state index is 11.7. The molecule has 1 N–H and O–H groups in total. The van der Waals surface area contributed by atoms with Crippen LogP contribution in [-0.2, 0) is 0 Å². The summed E-state index contributed by atoms with van der Waals surface area (Å²) < 4.78 is 5.01. The van der Waals surface area contributed by atoms with E-state index in [0.29, 0.717) is 17.1 Å². The van der Waals surface area contributed by atoms with E-state index in [4.69, 9.17) is 4.42 Å². The summed E-state index contributed by atoms with van der Waals surface area (Å²) in [4.78, 5) is 19.0. The average Bonchev–Trinajstić information content (AvgIpc) is 2.74. The molecule has 2 aromatic heterocycles. The molecule has 4 heteroatoms. The molecule has 0 unspecified atom stereocenters. The van der Waals surface area contributed by atoms with Crippen molar-refractivity contribution in [2.75, 3.05) is 0 Å². The summed E-state index contributed by atoms with van der Waals surface area (Å²) in [5, 5.41) is 0. The van der Waals surface area contributed by atoms with Crippen LogP contribution in [0.5, 0.6) is 0 Å². The van der Waals surface area contributed by atoms with Crippen LogP contribution >= 0.6 is 0 Å². The highest BCUT2D eigenvalue weighted by Crippen LogP contribution is 2.20. The maximum Gasteiger partial charge on any atom is 0.254 e. The van der Waals surface area contributed by atoms with Crippen LogP contribution in [0, 0.1) is 6.92 Å². The van der Waals surface area contributed by atoms with Crippen LogP contribution in [0.2, 0.25) is 0 Å². The van der Waals surface area contributed by atoms with Crippen LogP contribution in [0.4, 0.5) is 0 Å². The number of nitrogens with one attached hydrogen (secondary N) is 1. The molecular formula is C12H14N2O2. The second-order valence-electron chi connectivity index (χ2n) is 4.09. The first kappa shape index (κ1) is 10.7. The number of aromatic nitrogens is 2. The van der Waals surface area contributed by atoms with Crippen molar-refractivity contribution < 1.29 is 4.42 Å². The normalized spacial score (nSPS) is 11.0. The third-order valence-electron chi connectivity index (χ3n) is 2.51. The zero-order chi connectivity index (χ0) is 11.7. The molecule has 0 radical (unpaired) electrons. The number of nitrogens with zero attached hydrogens (tertiary/aromatic N) is 1. The number of H-pyrrole nitrogens is 1. The molecule has 0 fully saturated rings. The Morgan fingerprint density at radius 2 is 2.19 bits per heavy atom. The van der Waals surface area contributed by atoms with Gasteiger partial charge in [-0.25, -0.2) is 4.98 Å². The highest BCUT2D eigenvalue weighted by molar-refractivity contribution is 5.60. The summed E-state index contributed by atoms with van der Waals surface area (Å²) in [6.07, 6.45) is 3.17. The van der Waals surface area contributed by atoms with E-state index >= 15 is 0 Å². The maximum atomic E-state index is 11.7. The van der Waals surface area contributed by atoms with Gasteiger partial charge in [-0.05, 0) is 13.0 Å². The van der Waals surface area contributed by atoms with Gasteiger partial charge in [-0.15, -0.1) is 0 Å². The summed E-state index contributed by atoms with van der Waals surface area (Å²) in [6, 6.07) is 1.80. The number of aromatic amines is 1. The standard InChI is InChI=1S/C12H14N2O2/c1-7(2)11-13-10(8(3)12(15)14-11)9-4-5-16-6-9/h4-7H,1-3H3,(H,13,14,15).